The van der Waals surface area contributed by atoms with E-state index in [4.69, 9.17) is 19.9 Å². The van der Waals surface area contributed by atoms with E-state index in [9.17, 15) is 14.4 Å². The second kappa shape index (κ2) is 13.4. The highest BCUT2D eigenvalue weighted by atomic mass is 32.1. The van der Waals surface area contributed by atoms with Crippen LogP contribution in [0.4, 0.5) is 9.59 Å². The van der Waals surface area contributed by atoms with Crippen molar-refractivity contribution in [1.82, 2.24) is 20.2 Å². The number of hydrogen-bond donors (Lipinski definition) is 2. The Morgan fingerprint density at radius 2 is 1.82 bits per heavy atom. The van der Waals surface area contributed by atoms with Crippen LogP contribution in [-0.2, 0) is 27.3 Å². The molecule has 3 N–H and O–H groups in total. The summed E-state index contributed by atoms with van der Waals surface area (Å²) < 4.78 is 17.4. The van der Waals surface area contributed by atoms with Gasteiger partial charge in [-0.25, -0.2) is 19.6 Å². The molecule has 2 atom stereocenters. The Balaban J connectivity index is 1.24. The van der Waals surface area contributed by atoms with Gasteiger partial charge in [-0.3, -0.25) is 4.79 Å². The SMILES string of the molecule is CN(C(=O)OC(C)(C)C)[C@H]1CC[C@H](Oc2ncnc3sc4c(c23)[C@@H](C[C@H](NC(=O)OCc2ccccc2)C(N)=O)CC4)CC1. The number of rotatable bonds is 9. The summed E-state index contributed by atoms with van der Waals surface area (Å²) in [6, 6.07) is 8.52. The number of carbonyl (C=O) groups excluding carboxylic acids is 3. The van der Waals surface area contributed by atoms with Crippen LogP contribution in [0.3, 0.4) is 0 Å². The second-order valence-electron chi connectivity index (χ2n) is 12.6. The molecule has 2 heterocycles. The molecule has 3 amide bonds. The fourth-order valence-electron chi connectivity index (χ4n) is 5.99. The Hall–Kier alpha value is -3.93. The number of ether oxygens (including phenoxy) is 3. The van der Waals surface area contributed by atoms with Crippen molar-refractivity contribution in [3.05, 3.63) is 52.7 Å². The molecule has 1 fully saturated rings. The number of nitrogens with zero attached hydrogens (tertiary/aromatic N) is 3. The number of nitrogens with one attached hydrogen (secondary N) is 1. The first-order chi connectivity index (χ1) is 21.0. The van der Waals surface area contributed by atoms with E-state index in [1.54, 1.807) is 23.3 Å². The van der Waals surface area contributed by atoms with Crippen molar-refractivity contribution in [2.24, 2.45) is 5.73 Å². The fourth-order valence-corrected chi connectivity index (χ4v) is 7.23. The zero-order valence-corrected chi connectivity index (χ0v) is 26.5. The quantitative estimate of drug-likeness (QED) is 0.320. The molecular formula is C32H41N5O6S. The van der Waals surface area contributed by atoms with E-state index in [0.717, 1.165) is 59.9 Å². The Bertz CT molecular complexity index is 1480. The maximum Gasteiger partial charge on any atom is 0.410 e. The van der Waals surface area contributed by atoms with Crippen molar-refractivity contribution in [2.45, 2.75) is 102 Å². The molecule has 0 radical (unpaired) electrons. The first-order valence-electron chi connectivity index (χ1n) is 15.1. The van der Waals surface area contributed by atoms with Gasteiger partial charge in [0.1, 0.15) is 35.5 Å². The van der Waals surface area contributed by atoms with Gasteiger partial charge in [0.25, 0.3) is 0 Å². The van der Waals surface area contributed by atoms with Crippen LogP contribution in [0.5, 0.6) is 5.88 Å². The van der Waals surface area contributed by atoms with Crippen LogP contribution in [0.15, 0.2) is 36.7 Å². The van der Waals surface area contributed by atoms with E-state index in [2.05, 4.69) is 15.3 Å². The standard InChI is InChI=1S/C32H41N5O6S/c1-32(2,3)43-31(40)37(4)21-11-13-22(14-12-21)42-28-26-25-20(10-15-24(25)44-29(26)35-18-34-28)16-23(27(33)38)36-30(39)41-17-19-8-6-5-7-9-19/h5-9,18,20-23H,10-17H2,1-4H3,(H2,33,38)(H,36,39)/t20-,21-,22-,23+/m1/s1. The predicted octanol–water partition coefficient (Wildman–Crippen LogP) is 5.45. The molecule has 1 saturated carbocycles. The molecule has 12 heteroatoms. The van der Waals surface area contributed by atoms with E-state index in [-0.39, 0.29) is 30.8 Å². The summed E-state index contributed by atoms with van der Waals surface area (Å²) in [6.45, 7) is 5.69. The van der Waals surface area contributed by atoms with Gasteiger partial charge in [-0.15, -0.1) is 11.3 Å². The van der Waals surface area contributed by atoms with Gasteiger partial charge in [-0.2, -0.15) is 0 Å². The smallest absolute Gasteiger partial charge is 0.410 e. The highest BCUT2D eigenvalue weighted by molar-refractivity contribution is 7.19. The number of primary amides is 1. The lowest BCUT2D eigenvalue weighted by Gasteiger charge is -2.35. The van der Waals surface area contributed by atoms with Gasteiger partial charge in [0, 0.05) is 18.0 Å². The van der Waals surface area contributed by atoms with Crippen molar-refractivity contribution in [2.75, 3.05) is 7.05 Å². The number of aryl methyl sites for hydroxylation is 1. The number of nitrogens with two attached hydrogens (primary N) is 1. The van der Waals surface area contributed by atoms with E-state index in [0.29, 0.717) is 12.3 Å². The molecule has 2 aliphatic rings. The van der Waals surface area contributed by atoms with Gasteiger partial charge < -0.3 is 30.2 Å². The number of carbonyl (C=O) groups is 3. The van der Waals surface area contributed by atoms with Crippen molar-refractivity contribution >= 4 is 39.6 Å². The highest BCUT2D eigenvalue weighted by Gasteiger charge is 2.35. The molecule has 5 rings (SSSR count). The summed E-state index contributed by atoms with van der Waals surface area (Å²) in [4.78, 5) is 50.3. The van der Waals surface area contributed by atoms with Crippen molar-refractivity contribution in [3.8, 4) is 5.88 Å². The zero-order chi connectivity index (χ0) is 31.4. The molecule has 0 unspecified atom stereocenters. The summed E-state index contributed by atoms with van der Waals surface area (Å²) >= 11 is 1.62. The predicted molar refractivity (Wildman–Crippen MR) is 167 cm³/mol. The first-order valence-corrected chi connectivity index (χ1v) is 16.0. The third-order valence-electron chi connectivity index (χ3n) is 8.22. The molecule has 0 aliphatic heterocycles. The minimum Gasteiger partial charge on any atom is -0.474 e. The number of thiophene rings is 1. The number of alkyl carbamates (subject to hydrolysis) is 1. The minimum atomic E-state index is -0.893. The van der Waals surface area contributed by atoms with E-state index in [1.807, 2.05) is 51.1 Å². The van der Waals surface area contributed by atoms with Gasteiger partial charge >= 0.3 is 12.2 Å². The molecule has 3 aromatic rings. The second-order valence-corrected chi connectivity index (χ2v) is 13.7. The van der Waals surface area contributed by atoms with E-state index in [1.165, 1.54) is 11.2 Å². The molecule has 11 nitrogen and oxygen atoms in total. The Morgan fingerprint density at radius 3 is 2.50 bits per heavy atom. The van der Waals surface area contributed by atoms with Crippen LogP contribution in [0, 0.1) is 0 Å². The average Bonchev–Trinajstić information content (AvgIpc) is 3.55. The third-order valence-corrected chi connectivity index (χ3v) is 9.39. The van der Waals surface area contributed by atoms with Crippen molar-refractivity contribution < 1.29 is 28.6 Å². The lowest BCUT2D eigenvalue weighted by molar-refractivity contribution is -0.120. The first kappa shape index (κ1) is 31.5. The average molecular weight is 624 g/mol. The summed E-state index contributed by atoms with van der Waals surface area (Å²) in [6.07, 6.45) is 5.61. The Morgan fingerprint density at radius 1 is 1.09 bits per heavy atom. The highest BCUT2D eigenvalue weighted by Crippen LogP contribution is 2.48. The molecular weight excluding hydrogens is 582 g/mol. The van der Waals surface area contributed by atoms with Gasteiger partial charge in [0.15, 0.2) is 0 Å². The minimum absolute atomic E-state index is 0.0303. The van der Waals surface area contributed by atoms with Gasteiger partial charge in [-0.1, -0.05) is 30.3 Å². The molecule has 0 bridgehead atoms. The third kappa shape index (κ3) is 7.58. The molecule has 44 heavy (non-hydrogen) atoms. The normalized spacial score (nSPS) is 20.4. The number of amides is 3. The van der Waals surface area contributed by atoms with Crippen LogP contribution in [0.1, 0.15) is 81.2 Å². The lowest BCUT2D eigenvalue weighted by Crippen LogP contribution is -2.45. The monoisotopic (exact) mass is 623 g/mol. The van der Waals surface area contributed by atoms with Gasteiger partial charge in [0.05, 0.1) is 5.39 Å². The van der Waals surface area contributed by atoms with Crippen LogP contribution in [0.25, 0.3) is 10.2 Å². The molecule has 0 spiro atoms. The van der Waals surface area contributed by atoms with Crippen molar-refractivity contribution in [1.29, 1.82) is 0 Å². The van der Waals surface area contributed by atoms with E-state index < -0.39 is 23.6 Å². The molecule has 2 aromatic heterocycles. The van der Waals surface area contributed by atoms with Gasteiger partial charge in [-0.05, 0) is 82.8 Å². The summed E-state index contributed by atoms with van der Waals surface area (Å²) in [7, 11) is 1.79. The molecule has 0 saturated heterocycles. The van der Waals surface area contributed by atoms with Crippen molar-refractivity contribution in [3.63, 3.8) is 0 Å². The number of benzene rings is 1. The topological polar surface area (TPSA) is 146 Å². The summed E-state index contributed by atoms with van der Waals surface area (Å²) in [5, 5.41) is 3.54. The van der Waals surface area contributed by atoms with Crippen LogP contribution in [-0.4, -0.2) is 63.8 Å². The Kier molecular flexibility index (Phi) is 9.57. The lowest BCUT2D eigenvalue weighted by atomic mass is 9.92. The largest absolute Gasteiger partial charge is 0.474 e. The number of fused-ring (bicyclic) bond motifs is 3. The molecule has 236 valence electrons. The molecule has 1 aromatic carbocycles. The van der Waals surface area contributed by atoms with Crippen LogP contribution in [0.2, 0.25) is 0 Å². The van der Waals surface area contributed by atoms with Crippen LogP contribution < -0.4 is 15.8 Å². The number of aromatic nitrogens is 2. The fraction of sp³-hybridized carbons (Fsp3) is 0.531. The summed E-state index contributed by atoms with van der Waals surface area (Å²) in [5.74, 6) is -0.109. The zero-order valence-electron chi connectivity index (χ0n) is 25.7. The maximum absolute atomic E-state index is 12.6. The van der Waals surface area contributed by atoms with Crippen LogP contribution >= 0.6 is 11.3 Å². The van der Waals surface area contributed by atoms with Gasteiger partial charge in [0.2, 0.25) is 11.8 Å². The number of hydrogen-bond acceptors (Lipinski definition) is 9. The Labute approximate surface area is 261 Å². The maximum atomic E-state index is 12.6. The summed E-state index contributed by atoms with van der Waals surface area (Å²) in [5.41, 5.74) is 7.11. The van der Waals surface area contributed by atoms with E-state index >= 15 is 0 Å². The molecule has 2 aliphatic carbocycles.